The third kappa shape index (κ3) is 0.942. The van der Waals surface area contributed by atoms with E-state index >= 15 is 0 Å². The van der Waals surface area contributed by atoms with E-state index in [1.807, 2.05) is 12.2 Å². The molecule has 1 aliphatic heterocycles. The summed E-state index contributed by atoms with van der Waals surface area (Å²) in [4.78, 5) is 26.1. The molecule has 0 saturated carbocycles. The molecule has 0 atom stereocenters. The summed E-state index contributed by atoms with van der Waals surface area (Å²) in [7, 11) is 0. The van der Waals surface area contributed by atoms with Crippen molar-refractivity contribution in [3.05, 3.63) is 23.8 Å². The van der Waals surface area contributed by atoms with E-state index in [9.17, 15) is 9.59 Å². The van der Waals surface area contributed by atoms with Crippen LogP contribution < -0.4 is 0 Å². The topological polar surface area (TPSA) is 46.5 Å². The number of Topliss-reactive ketones (excluding diaryl/α,β-unsaturated/α-hetero) is 2. The maximum atomic E-state index is 11.2. The number of aliphatic imine (C=N–C) groups is 1. The minimum absolute atomic E-state index is 0.220. The lowest BCUT2D eigenvalue weighted by molar-refractivity contribution is -0.132. The number of carbonyl (C=O) groups is 2. The average Bonchev–Trinajstić information content (AvgIpc) is 2.12. The summed E-state index contributed by atoms with van der Waals surface area (Å²) < 4.78 is 0. The van der Waals surface area contributed by atoms with Crippen LogP contribution in [0.5, 0.6) is 0 Å². The molecule has 0 fully saturated rings. The number of hydrogen-bond acceptors (Lipinski definition) is 3. The summed E-state index contributed by atoms with van der Waals surface area (Å²) in [5.74, 6) is -0.787. The van der Waals surface area contributed by atoms with Gasteiger partial charge in [-0.15, -0.1) is 0 Å². The number of hydrogen-bond donors (Lipinski definition) is 0. The van der Waals surface area contributed by atoms with Gasteiger partial charge in [-0.25, -0.2) is 0 Å². The number of dihydropyridines is 1. The maximum absolute atomic E-state index is 11.2. The van der Waals surface area contributed by atoms with Crippen LogP contribution in [-0.4, -0.2) is 23.8 Å². The first-order valence-corrected chi connectivity index (χ1v) is 3.78. The lowest BCUT2D eigenvalue weighted by Gasteiger charge is -2.13. The van der Waals surface area contributed by atoms with Gasteiger partial charge in [0.05, 0.1) is 6.54 Å². The van der Waals surface area contributed by atoms with E-state index in [2.05, 4.69) is 4.99 Å². The highest BCUT2D eigenvalue weighted by Crippen LogP contribution is 2.14. The van der Waals surface area contributed by atoms with Crippen LogP contribution in [0, 0.1) is 0 Å². The van der Waals surface area contributed by atoms with Gasteiger partial charge in [-0.1, -0.05) is 18.2 Å². The van der Waals surface area contributed by atoms with Crippen LogP contribution in [0.1, 0.15) is 6.42 Å². The minimum atomic E-state index is -0.433. The average molecular weight is 161 g/mol. The van der Waals surface area contributed by atoms with E-state index in [-0.39, 0.29) is 12.2 Å². The molecule has 0 spiro atoms. The fourth-order valence-electron chi connectivity index (χ4n) is 1.29. The second kappa shape index (κ2) is 2.52. The zero-order valence-corrected chi connectivity index (χ0v) is 6.41. The number of ketones is 2. The van der Waals surface area contributed by atoms with Gasteiger partial charge in [-0.3, -0.25) is 14.6 Å². The highest BCUT2D eigenvalue weighted by molar-refractivity contribution is 6.70. The molecule has 0 N–H and O–H groups in total. The zero-order chi connectivity index (χ0) is 8.55. The van der Waals surface area contributed by atoms with Crippen molar-refractivity contribution in [2.24, 2.45) is 4.99 Å². The third-order valence-corrected chi connectivity index (χ3v) is 1.90. The number of rotatable bonds is 0. The maximum Gasteiger partial charge on any atom is 0.247 e. The van der Waals surface area contributed by atoms with Gasteiger partial charge >= 0.3 is 0 Å². The van der Waals surface area contributed by atoms with Crippen LogP contribution in [0.15, 0.2) is 28.8 Å². The summed E-state index contributed by atoms with van der Waals surface area (Å²) in [6, 6.07) is 0. The Balaban J connectivity index is 2.48. The molecule has 0 radical (unpaired) electrons. The largest absolute Gasteiger partial charge is 0.290 e. The molecule has 1 aliphatic carbocycles. The molecule has 0 unspecified atom stereocenters. The van der Waals surface area contributed by atoms with Crippen LogP contribution in [0.4, 0.5) is 0 Å². The molecule has 0 saturated heterocycles. The SMILES string of the molecule is O=C1CC=C2C=CCN=C2C1=O. The highest BCUT2D eigenvalue weighted by atomic mass is 16.2. The van der Waals surface area contributed by atoms with Crippen LogP contribution in [0.3, 0.4) is 0 Å². The molecule has 3 heteroatoms. The minimum Gasteiger partial charge on any atom is -0.290 e. The van der Waals surface area contributed by atoms with Crippen LogP contribution in [0.2, 0.25) is 0 Å². The predicted octanol–water partition coefficient (Wildman–Crippen LogP) is 0.465. The summed E-state index contributed by atoms with van der Waals surface area (Å²) in [5, 5.41) is 0. The predicted molar refractivity (Wildman–Crippen MR) is 44.2 cm³/mol. The quantitative estimate of drug-likeness (QED) is 0.485. The number of nitrogens with zero attached hydrogens (tertiary/aromatic N) is 1. The molecule has 0 bridgehead atoms. The number of allylic oxidation sites excluding steroid dienone is 3. The Bertz CT molecular complexity index is 348. The second-order valence-corrected chi connectivity index (χ2v) is 2.71. The normalized spacial score (nSPS) is 21.7. The Labute approximate surface area is 69.5 Å². The molecular weight excluding hydrogens is 154 g/mol. The van der Waals surface area contributed by atoms with Crippen molar-refractivity contribution >= 4 is 17.3 Å². The highest BCUT2D eigenvalue weighted by Gasteiger charge is 2.26. The van der Waals surface area contributed by atoms with Crippen molar-refractivity contribution in [3.63, 3.8) is 0 Å². The first-order valence-electron chi connectivity index (χ1n) is 3.78. The molecule has 60 valence electrons. The van der Waals surface area contributed by atoms with Gasteiger partial charge in [0.2, 0.25) is 11.6 Å². The standard InChI is InChI=1S/C9H7NO2/c11-7-4-3-6-2-1-5-10-8(6)9(7)12/h1-3H,4-5H2. The van der Waals surface area contributed by atoms with E-state index < -0.39 is 5.78 Å². The summed E-state index contributed by atoms with van der Waals surface area (Å²) in [6.45, 7) is 0.506. The molecule has 0 aromatic carbocycles. The van der Waals surface area contributed by atoms with E-state index in [1.54, 1.807) is 6.08 Å². The van der Waals surface area contributed by atoms with Crippen molar-refractivity contribution in [1.29, 1.82) is 0 Å². The lowest BCUT2D eigenvalue weighted by Crippen LogP contribution is -2.29. The molecule has 2 aliphatic rings. The van der Waals surface area contributed by atoms with E-state index in [0.29, 0.717) is 12.3 Å². The Morgan fingerprint density at radius 1 is 1.33 bits per heavy atom. The Hall–Kier alpha value is -1.51. The van der Waals surface area contributed by atoms with Gasteiger partial charge in [0.1, 0.15) is 5.71 Å². The molecular formula is C9H7NO2. The molecule has 0 aromatic rings. The van der Waals surface area contributed by atoms with Crippen molar-refractivity contribution in [2.75, 3.05) is 6.54 Å². The lowest BCUT2D eigenvalue weighted by atomic mass is 9.93. The Morgan fingerprint density at radius 2 is 2.17 bits per heavy atom. The van der Waals surface area contributed by atoms with Gasteiger partial charge in [-0.05, 0) is 0 Å². The summed E-state index contributed by atoms with van der Waals surface area (Å²) in [5.41, 5.74) is 1.14. The number of carbonyl (C=O) groups excluding carboxylic acids is 2. The van der Waals surface area contributed by atoms with Gasteiger partial charge in [0, 0.05) is 12.0 Å². The number of fused-ring (bicyclic) bond motifs is 1. The van der Waals surface area contributed by atoms with Crippen molar-refractivity contribution in [2.45, 2.75) is 6.42 Å². The fraction of sp³-hybridized carbons (Fsp3) is 0.222. The van der Waals surface area contributed by atoms with Crippen molar-refractivity contribution in [3.8, 4) is 0 Å². The van der Waals surface area contributed by atoms with E-state index in [0.717, 1.165) is 5.57 Å². The zero-order valence-electron chi connectivity index (χ0n) is 6.41. The van der Waals surface area contributed by atoms with Crippen LogP contribution >= 0.6 is 0 Å². The molecule has 0 aromatic heterocycles. The fourth-order valence-corrected chi connectivity index (χ4v) is 1.29. The van der Waals surface area contributed by atoms with Gasteiger partial charge in [0.15, 0.2) is 0 Å². The molecule has 3 nitrogen and oxygen atoms in total. The molecule has 12 heavy (non-hydrogen) atoms. The third-order valence-electron chi connectivity index (χ3n) is 1.90. The summed E-state index contributed by atoms with van der Waals surface area (Å²) >= 11 is 0. The first kappa shape index (κ1) is 7.16. The van der Waals surface area contributed by atoms with Crippen molar-refractivity contribution in [1.82, 2.24) is 0 Å². The monoisotopic (exact) mass is 161 g/mol. The van der Waals surface area contributed by atoms with Gasteiger partial charge < -0.3 is 0 Å². The Kier molecular flexibility index (Phi) is 1.50. The Morgan fingerprint density at radius 3 is 3.00 bits per heavy atom. The first-order chi connectivity index (χ1) is 5.79. The molecule has 2 rings (SSSR count). The molecule has 0 amide bonds. The van der Waals surface area contributed by atoms with Gasteiger partial charge in [-0.2, -0.15) is 0 Å². The van der Waals surface area contributed by atoms with Crippen LogP contribution in [0.25, 0.3) is 0 Å². The van der Waals surface area contributed by atoms with E-state index in [4.69, 9.17) is 0 Å². The van der Waals surface area contributed by atoms with Crippen molar-refractivity contribution < 1.29 is 9.59 Å². The summed E-state index contributed by atoms with van der Waals surface area (Å²) in [6.07, 6.45) is 5.68. The smallest absolute Gasteiger partial charge is 0.247 e. The van der Waals surface area contributed by atoms with Crippen LogP contribution in [-0.2, 0) is 9.59 Å². The molecule has 1 heterocycles. The second-order valence-electron chi connectivity index (χ2n) is 2.71. The van der Waals surface area contributed by atoms with E-state index in [1.165, 1.54) is 0 Å². The van der Waals surface area contributed by atoms with Gasteiger partial charge in [0.25, 0.3) is 0 Å².